The molecule has 0 bridgehead atoms. The van der Waals surface area contributed by atoms with Crippen LogP contribution in [0.15, 0.2) is 0 Å². The van der Waals surface area contributed by atoms with Crippen LogP contribution in [0.5, 0.6) is 0 Å². The Morgan fingerprint density at radius 1 is 1.25 bits per heavy atom. The van der Waals surface area contributed by atoms with Crippen LogP contribution in [-0.2, 0) is 0 Å². The predicted octanol–water partition coefficient (Wildman–Crippen LogP) is 0.413. The summed E-state index contributed by atoms with van der Waals surface area (Å²) in [6.45, 7) is 4.53. The topological polar surface area (TPSA) is 35.0 Å². The molecule has 0 saturated carbocycles. The number of rotatable bonds is 0. The average molecular weight is 77.2 g/mol. The van der Waals surface area contributed by atoms with E-state index in [0.717, 1.165) is 0 Å². The van der Waals surface area contributed by atoms with Crippen LogP contribution in [0.3, 0.4) is 0 Å². The van der Waals surface area contributed by atoms with Gasteiger partial charge in [-0.2, -0.15) is 0 Å². The zero-order valence-corrected chi connectivity index (χ0v) is 4.83. The van der Waals surface area contributed by atoms with Crippen molar-refractivity contribution in [2.45, 2.75) is 13.1 Å². The van der Waals surface area contributed by atoms with Crippen LogP contribution < -0.4 is 6.15 Å². The maximum atomic E-state index is 2.26. The maximum absolute atomic E-state index is 2.26. The Morgan fingerprint density at radius 2 is 1.25 bits per heavy atom. The van der Waals surface area contributed by atoms with Crippen LogP contribution in [0.25, 0.3) is 0 Å². The smallest absolute Gasteiger partial charge is 0.0135 e. The van der Waals surface area contributed by atoms with Gasteiger partial charge >= 0.3 is 0 Å². The third-order valence-corrected chi connectivity index (χ3v) is 0. The van der Waals surface area contributed by atoms with Crippen molar-refractivity contribution < 1.29 is 0 Å². The highest BCUT2D eigenvalue weighted by molar-refractivity contribution is 6.31. The molecule has 0 aromatic heterocycles. The van der Waals surface area contributed by atoms with Crippen LogP contribution in [0, 0.1) is 0 Å². The molecular formula is C2H11NSi. The molecule has 0 aliphatic carbocycles. The molecule has 0 atom stereocenters. The fourth-order valence-corrected chi connectivity index (χ4v) is 0. The van der Waals surface area contributed by atoms with Gasteiger partial charge in [-0.25, -0.2) is 0 Å². The van der Waals surface area contributed by atoms with E-state index in [0.29, 0.717) is 9.52 Å². The number of hydrogen-bond acceptors (Lipinski definition) is 1. The van der Waals surface area contributed by atoms with Gasteiger partial charge in [0.05, 0.1) is 0 Å². The Labute approximate surface area is 29.8 Å². The van der Waals surface area contributed by atoms with E-state index in [1.54, 1.807) is 0 Å². The highest BCUT2D eigenvalue weighted by Crippen LogP contribution is 1.36. The molecule has 0 heterocycles. The first-order valence-electron chi connectivity index (χ1n) is 1.41. The molecule has 0 unspecified atom stereocenters. The highest BCUT2D eigenvalue weighted by atomic mass is 28.2. The summed E-state index contributed by atoms with van der Waals surface area (Å²) in [6, 6.07) is 0. The van der Waals surface area contributed by atoms with Crippen molar-refractivity contribution in [1.29, 1.82) is 0 Å². The van der Waals surface area contributed by atoms with Crippen molar-refractivity contribution in [3.63, 3.8) is 0 Å². The van der Waals surface area contributed by atoms with Gasteiger partial charge in [-0.15, -0.1) is 0 Å². The summed E-state index contributed by atoms with van der Waals surface area (Å²) in [6.07, 6.45) is 0. The van der Waals surface area contributed by atoms with Crippen molar-refractivity contribution in [3.05, 3.63) is 0 Å². The van der Waals surface area contributed by atoms with Gasteiger partial charge in [-0.1, -0.05) is 13.1 Å². The van der Waals surface area contributed by atoms with Gasteiger partial charge in [0.2, 0.25) is 0 Å². The van der Waals surface area contributed by atoms with Gasteiger partial charge in [0.25, 0.3) is 0 Å². The van der Waals surface area contributed by atoms with Crippen molar-refractivity contribution in [2.24, 2.45) is 0 Å². The number of hydrogen-bond donors (Lipinski definition) is 1. The minimum absolute atomic E-state index is 0. The summed E-state index contributed by atoms with van der Waals surface area (Å²) in [4.78, 5) is 0. The van der Waals surface area contributed by atoms with E-state index in [4.69, 9.17) is 0 Å². The molecule has 0 aliphatic rings. The molecule has 4 heavy (non-hydrogen) atoms. The second kappa shape index (κ2) is 10.9. The third kappa shape index (κ3) is 96.4. The summed E-state index contributed by atoms with van der Waals surface area (Å²) in [5.74, 6) is 0. The molecule has 0 saturated heterocycles. The highest BCUT2D eigenvalue weighted by Gasteiger charge is 1.38. The molecule has 0 amide bonds. The fraction of sp³-hybridized carbons (Fsp3) is 1.00. The van der Waals surface area contributed by atoms with Crippen molar-refractivity contribution in [1.82, 2.24) is 6.15 Å². The molecule has 3 N–H and O–H groups in total. The summed E-state index contributed by atoms with van der Waals surface area (Å²) in [7, 11) is 0.417. The zero-order valence-electron chi connectivity index (χ0n) is 3.41. The van der Waals surface area contributed by atoms with E-state index in [2.05, 4.69) is 13.1 Å². The third-order valence-electron chi connectivity index (χ3n) is 0. The second-order valence-corrected chi connectivity index (χ2v) is 2.12. The molecule has 28 valence electrons. The monoisotopic (exact) mass is 77.1 g/mol. The van der Waals surface area contributed by atoms with Gasteiger partial charge in [0, 0.05) is 9.52 Å². The van der Waals surface area contributed by atoms with Crippen LogP contribution in [0.4, 0.5) is 0 Å². The Hall–Kier alpha value is 0.177. The SMILES string of the molecule is C[SiH2]C.N. The lowest BCUT2D eigenvalue weighted by Gasteiger charge is -1.45. The quantitative estimate of drug-likeness (QED) is 0.418. The van der Waals surface area contributed by atoms with Crippen LogP contribution in [-0.4, -0.2) is 9.52 Å². The lowest BCUT2D eigenvalue weighted by atomic mass is 11.9. The molecule has 0 aromatic rings. The first kappa shape index (κ1) is 8.90. The van der Waals surface area contributed by atoms with E-state index >= 15 is 0 Å². The Balaban J connectivity index is 0. The average Bonchev–Trinajstić information content (AvgIpc) is 0.918. The fourth-order valence-electron chi connectivity index (χ4n) is 0. The van der Waals surface area contributed by atoms with Gasteiger partial charge < -0.3 is 6.15 Å². The molecule has 0 spiro atoms. The van der Waals surface area contributed by atoms with Crippen molar-refractivity contribution in [3.8, 4) is 0 Å². The molecule has 0 radical (unpaired) electrons. The zero-order chi connectivity index (χ0) is 2.71. The molecule has 2 heteroatoms. The standard InChI is InChI=1S/C2H8Si.H3N/c1-3-2;/h3H2,1-2H3;1H3. The Morgan fingerprint density at radius 3 is 1.25 bits per heavy atom. The Bertz CT molecular complexity index is 6.00. The molecule has 0 aromatic carbocycles. The van der Waals surface area contributed by atoms with Gasteiger partial charge in [-0.3, -0.25) is 0 Å². The first-order chi connectivity index (χ1) is 1.41. The maximum Gasteiger partial charge on any atom is 0.0135 e. The van der Waals surface area contributed by atoms with Gasteiger partial charge in [-0.05, 0) is 0 Å². The molecule has 1 nitrogen and oxygen atoms in total. The lowest BCUT2D eigenvalue weighted by molar-refractivity contribution is 2.13. The molecular weight excluding hydrogens is 66.1 g/mol. The van der Waals surface area contributed by atoms with Gasteiger partial charge in [0.15, 0.2) is 0 Å². The summed E-state index contributed by atoms with van der Waals surface area (Å²) < 4.78 is 0. The first-order valence-corrected chi connectivity index (χ1v) is 4.24. The molecule has 0 aliphatic heterocycles. The minimum atomic E-state index is 0. The lowest BCUT2D eigenvalue weighted by Crippen LogP contribution is -1.53. The predicted molar refractivity (Wildman–Crippen MR) is 25.3 cm³/mol. The van der Waals surface area contributed by atoms with Crippen molar-refractivity contribution >= 4 is 9.52 Å². The largest absolute Gasteiger partial charge is 0.344 e. The summed E-state index contributed by atoms with van der Waals surface area (Å²) >= 11 is 0. The van der Waals surface area contributed by atoms with E-state index in [9.17, 15) is 0 Å². The normalized spacial score (nSPS) is 4.50. The van der Waals surface area contributed by atoms with Crippen LogP contribution >= 0.6 is 0 Å². The van der Waals surface area contributed by atoms with E-state index in [1.165, 1.54) is 0 Å². The summed E-state index contributed by atoms with van der Waals surface area (Å²) in [5.41, 5.74) is 0. The minimum Gasteiger partial charge on any atom is -0.344 e. The van der Waals surface area contributed by atoms with E-state index < -0.39 is 0 Å². The Kier molecular flexibility index (Phi) is 24.2. The van der Waals surface area contributed by atoms with E-state index in [-0.39, 0.29) is 6.15 Å². The van der Waals surface area contributed by atoms with Gasteiger partial charge in [0.1, 0.15) is 0 Å². The molecule has 0 fully saturated rings. The van der Waals surface area contributed by atoms with Crippen LogP contribution in [0.1, 0.15) is 0 Å². The van der Waals surface area contributed by atoms with E-state index in [1.807, 2.05) is 0 Å². The summed E-state index contributed by atoms with van der Waals surface area (Å²) in [5, 5.41) is 0. The van der Waals surface area contributed by atoms with Crippen LogP contribution in [0.2, 0.25) is 13.1 Å². The second-order valence-electron chi connectivity index (χ2n) is 0.707. The van der Waals surface area contributed by atoms with Crippen molar-refractivity contribution in [2.75, 3.05) is 0 Å². The molecule has 0 rings (SSSR count).